The highest BCUT2D eigenvalue weighted by molar-refractivity contribution is 5.76. The molecular weight excluding hydrogens is 206 g/mol. The highest BCUT2D eigenvalue weighted by Crippen LogP contribution is 2.07. The molecule has 0 aromatic rings. The molecule has 0 aromatic carbocycles. The van der Waals surface area contributed by atoms with Crippen LogP contribution in [0.1, 0.15) is 52.9 Å². The van der Waals surface area contributed by atoms with Crippen LogP contribution in [0.5, 0.6) is 0 Å². The van der Waals surface area contributed by atoms with E-state index in [0.29, 0.717) is 19.3 Å². The molecule has 4 nitrogen and oxygen atoms in total. The molecule has 0 saturated heterocycles. The maximum absolute atomic E-state index is 11.8. The summed E-state index contributed by atoms with van der Waals surface area (Å²) in [5, 5.41) is 8.47. The molecule has 0 saturated carbocycles. The van der Waals surface area contributed by atoms with E-state index in [9.17, 15) is 9.59 Å². The summed E-state index contributed by atoms with van der Waals surface area (Å²) in [7, 11) is 0. The Bertz CT molecular complexity index is 226. The summed E-state index contributed by atoms with van der Waals surface area (Å²) in [6.07, 6.45) is 2.82. The van der Waals surface area contributed by atoms with Crippen molar-refractivity contribution in [3.05, 3.63) is 0 Å². The number of carboxylic acids is 1. The second-order valence-electron chi connectivity index (χ2n) is 4.28. The van der Waals surface area contributed by atoms with Crippen LogP contribution in [0.25, 0.3) is 0 Å². The van der Waals surface area contributed by atoms with E-state index in [1.165, 1.54) is 0 Å². The standard InChI is InChI=1S/C12H23NO3/c1-4-9-13(10(2)3)11(14)7-5-6-8-12(15)16/h10H,4-9H2,1-3H3,(H,15,16). The lowest BCUT2D eigenvalue weighted by Crippen LogP contribution is -2.37. The van der Waals surface area contributed by atoms with E-state index in [4.69, 9.17) is 5.11 Å². The minimum absolute atomic E-state index is 0.141. The first-order valence-electron chi connectivity index (χ1n) is 6.00. The smallest absolute Gasteiger partial charge is 0.303 e. The summed E-state index contributed by atoms with van der Waals surface area (Å²) >= 11 is 0. The van der Waals surface area contributed by atoms with Crippen LogP contribution in [0.4, 0.5) is 0 Å². The molecule has 0 radical (unpaired) electrons. The van der Waals surface area contributed by atoms with Crippen molar-refractivity contribution in [2.45, 2.75) is 58.9 Å². The van der Waals surface area contributed by atoms with Crippen LogP contribution in [-0.2, 0) is 9.59 Å². The molecule has 4 heteroatoms. The highest BCUT2D eigenvalue weighted by atomic mass is 16.4. The second kappa shape index (κ2) is 8.13. The predicted octanol–water partition coefficient (Wildman–Crippen LogP) is 2.28. The van der Waals surface area contributed by atoms with Gasteiger partial charge in [0.1, 0.15) is 0 Å². The van der Waals surface area contributed by atoms with Crippen LogP contribution in [0.15, 0.2) is 0 Å². The Morgan fingerprint density at radius 2 is 1.75 bits per heavy atom. The number of nitrogens with zero attached hydrogens (tertiary/aromatic N) is 1. The van der Waals surface area contributed by atoms with E-state index in [1.807, 2.05) is 25.7 Å². The lowest BCUT2D eigenvalue weighted by Gasteiger charge is -2.26. The number of unbranched alkanes of at least 4 members (excludes halogenated alkanes) is 1. The maximum Gasteiger partial charge on any atom is 0.303 e. The number of amides is 1. The van der Waals surface area contributed by atoms with E-state index in [-0.39, 0.29) is 18.4 Å². The molecule has 94 valence electrons. The van der Waals surface area contributed by atoms with Gasteiger partial charge in [0.2, 0.25) is 5.91 Å². The van der Waals surface area contributed by atoms with Crippen molar-refractivity contribution in [2.24, 2.45) is 0 Å². The Labute approximate surface area is 97.6 Å². The van der Waals surface area contributed by atoms with E-state index in [2.05, 4.69) is 0 Å². The van der Waals surface area contributed by atoms with Crippen LogP contribution in [0, 0.1) is 0 Å². The summed E-state index contributed by atoms with van der Waals surface area (Å²) in [6.45, 7) is 6.85. The summed E-state index contributed by atoms with van der Waals surface area (Å²) < 4.78 is 0. The average molecular weight is 229 g/mol. The molecule has 16 heavy (non-hydrogen) atoms. The first-order valence-corrected chi connectivity index (χ1v) is 6.00. The van der Waals surface area contributed by atoms with Crippen LogP contribution in [-0.4, -0.2) is 34.5 Å². The Morgan fingerprint density at radius 1 is 1.19 bits per heavy atom. The van der Waals surface area contributed by atoms with E-state index < -0.39 is 5.97 Å². The molecule has 0 spiro atoms. The average Bonchev–Trinajstić information content (AvgIpc) is 2.19. The Hall–Kier alpha value is -1.06. The van der Waals surface area contributed by atoms with E-state index in [0.717, 1.165) is 13.0 Å². The van der Waals surface area contributed by atoms with Gasteiger partial charge in [-0.1, -0.05) is 6.92 Å². The van der Waals surface area contributed by atoms with Gasteiger partial charge in [-0.25, -0.2) is 0 Å². The fourth-order valence-corrected chi connectivity index (χ4v) is 1.61. The fourth-order valence-electron chi connectivity index (χ4n) is 1.61. The van der Waals surface area contributed by atoms with Gasteiger partial charge < -0.3 is 10.0 Å². The van der Waals surface area contributed by atoms with E-state index >= 15 is 0 Å². The van der Waals surface area contributed by atoms with Crippen molar-refractivity contribution < 1.29 is 14.7 Å². The monoisotopic (exact) mass is 229 g/mol. The van der Waals surface area contributed by atoms with Gasteiger partial charge in [-0.3, -0.25) is 9.59 Å². The van der Waals surface area contributed by atoms with Gasteiger partial charge in [0, 0.05) is 25.4 Å². The van der Waals surface area contributed by atoms with Crippen molar-refractivity contribution in [3.63, 3.8) is 0 Å². The van der Waals surface area contributed by atoms with Crippen LogP contribution >= 0.6 is 0 Å². The molecule has 0 aromatic heterocycles. The second-order valence-corrected chi connectivity index (χ2v) is 4.28. The first kappa shape index (κ1) is 14.9. The molecule has 0 rings (SSSR count). The molecular formula is C12H23NO3. The molecule has 0 heterocycles. The minimum atomic E-state index is -0.790. The number of carbonyl (C=O) groups excluding carboxylic acids is 1. The molecule has 0 bridgehead atoms. The van der Waals surface area contributed by atoms with Gasteiger partial charge in [-0.2, -0.15) is 0 Å². The number of aliphatic carboxylic acids is 1. The van der Waals surface area contributed by atoms with Crippen molar-refractivity contribution in [2.75, 3.05) is 6.54 Å². The number of carbonyl (C=O) groups is 2. The molecule has 0 fully saturated rings. The third kappa shape index (κ3) is 6.43. The summed E-state index contributed by atoms with van der Waals surface area (Å²) in [4.78, 5) is 24.0. The molecule has 0 aliphatic heterocycles. The Kier molecular flexibility index (Phi) is 7.60. The fraction of sp³-hybridized carbons (Fsp3) is 0.833. The van der Waals surface area contributed by atoms with Crippen molar-refractivity contribution in [1.82, 2.24) is 4.90 Å². The van der Waals surface area contributed by atoms with Gasteiger partial charge in [0.15, 0.2) is 0 Å². The SMILES string of the molecule is CCCN(C(=O)CCCCC(=O)O)C(C)C. The topological polar surface area (TPSA) is 57.6 Å². The zero-order valence-electron chi connectivity index (χ0n) is 10.5. The highest BCUT2D eigenvalue weighted by Gasteiger charge is 2.15. The minimum Gasteiger partial charge on any atom is -0.481 e. The van der Waals surface area contributed by atoms with Crippen LogP contribution < -0.4 is 0 Å². The lowest BCUT2D eigenvalue weighted by atomic mass is 10.1. The molecule has 1 N–H and O–H groups in total. The summed E-state index contributed by atoms with van der Waals surface area (Å²) in [5.74, 6) is -0.649. The number of rotatable bonds is 8. The molecule has 0 aliphatic rings. The lowest BCUT2D eigenvalue weighted by molar-refractivity contribution is -0.138. The van der Waals surface area contributed by atoms with Crippen molar-refractivity contribution in [1.29, 1.82) is 0 Å². The largest absolute Gasteiger partial charge is 0.481 e. The van der Waals surface area contributed by atoms with Gasteiger partial charge in [-0.05, 0) is 33.1 Å². The zero-order valence-corrected chi connectivity index (χ0v) is 10.5. The zero-order chi connectivity index (χ0) is 12.6. The van der Waals surface area contributed by atoms with Gasteiger partial charge in [0.25, 0.3) is 0 Å². The Balaban J connectivity index is 3.87. The third-order valence-electron chi connectivity index (χ3n) is 2.44. The van der Waals surface area contributed by atoms with Crippen molar-refractivity contribution >= 4 is 11.9 Å². The maximum atomic E-state index is 11.8. The number of hydrogen-bond acceptors (Lipinski definition) is 2. The molecule has 0 atom stereocenters. The quantitative estimate of drug-likeness (QED) is 0.650. The number of carboxylic acid groups (broad SMARTS) is 1. The van der Waals surface area contributed by atoms with Crippen molar-refractivity contribution in [3.8, 4) is 0 Å². The normalized spacial score (nSPS) is 10.5. The van der Waals surface area contributed by atoms with E-state index in [1.54, 1.807) is 0 Å². The Morgan fingerprint density at radius 3 is 2.19 bits per heavy atom. The molecule has 0 aliphatic carbocycles. The van der Waals surface area contributed by atoms with Crippen LogP contribution in [0.3, 0.4) is 0 Å². The summed E-state index contributed by atoms with van der Waals surface area (Å²) in [6, 6.07) is 0.229. The summed E-state index contributed by atoms with van der Waals surface area (Å²) in [5.41, 5.74) is 0. The van der Waals surface area contributed by atoms with Gasteiger partial charge in [-0.15, -0.1) is 0 Å². The van der Waals surface area contributed by atoms with Gasteiger partial charge >= 0.3 is 5.97 Å². The molecule has 0 unspecified atom stereocenters. The molecule has 1 amide bonds. The first-order chi connectivity index (χ1) is 7.49. The van der Waals surface area contributed by atoms with Crippen LogP contribution in [0.2, 0.25) is 0 Å². The van der Waals surface area contributed by atoms with Gasteiger partial charge in [0.05, 0.1) is 0 Å². The third-order valence-corrected chi connectivity index (χ3v) is 2.44. The number of hydrogen-bond donors (Lipinski definition) is 1. The predicted molar refractivity (Wildman–Crippen MR) is 63.2 cm³/mol.